The van der Waals surface area contributed by atoms with Crippen molar-refractivity contribution in [2.24, 2.45) is 17.8 Å². The summed E-state index contributed by atoms with van der Waals surface area (Å²) < 4.78 is 6.02. The van der Waals surface area contributed by atoms with Crippen molar-refractivity contribution in [3.8, 4) is 5.75 Å². The van der Waals surface area contributed by atoms with E-state index < -0.39 is 0 Å². The number of fused-ring (bicyclic) bond motifs is 3. The van der Waals surface area contributed by atoms with E-state index in [-0.39, 0.29) is 5.92 Å². The highest BCUT2D eigenvalue weighted by Crippen LogP contribution is 2.49. The van der Waals surface area contributed by atoms with Crippen LogP contribution < -0.4 is 4.74 Å². The fourth-order valence-electron chi connectivity index (χ4n) is 4.52. The lowest BCUT2D eigenvalue weighted by molar-refractivity contribution is -0.140. The Morgan fingerprint density at radius 2 is 2.04 bits per heavy atom. The van der Waals surface area contributed by atoms with Crippen LogP contribution in [0.25, 0.3) is 0 Å². The molecule has 0 aromatic heterocycles. The van der Waals surface area contributed by atoms with E-state index in [1.165, 1.54) is 18.4 Å². The number of rotatable bonds is 3. The van der Waals surface area contributed by atoms with Crippen LogP contribution in [-0.2, 0) is 4.79 Å². The van der Waals surface area contributed by atoms with Crippen LogP contribution in [0.2, 0.25) is 0 Å². The van der Waals surface area contributed by atoms with E-state index in [1.54, 1.807) is 0 Å². The molecule has 1 amide bonds. The average molecular weight is 312 g/mol. The lowest BCUT2D eigenvalue weighted by Crippen LogP contribution is -2.47. The molecule has 3 heterocycles. The second-order valence-corrected chi connectivity index (χ2v) is 7.64. The van der Waals surface area contributed by atoms with Crippen LogP contribution in [0.15, 0.2) is 24.3 Å². The Kier molecular flexibility index (Phi) is 3.15. The Morgan fingerprint density at radius 3 is 2.78 bits per heavy atom. The van der Waals surface area contributed by atoms with Crippen molar-refractivity contribution in [1.29, 1.82) is 0 Å². The van der Waals surface area contributed by atoms with E-state index in [0.29, 0.717) is 24.5 Å². The van der Waals surface area contributed by atoms with Crippen molar-refractivity contribution in [2.45, 2.75) is 25.3 Å². The van der Waals surface area contributed by atoms with Gasteiger partial charge in [0, 0.05) is 43.7 Å². The monoisotopic (exact) mass is 312 g/mol. The predicted molar refractivity (Wildman–Crippen MR) is 87.2 cm³/mol. The first-order chi connectivity index (χ1) is 11.3. The van der Waals surface area contributed by atoms with Crippen LogP contribution in [-0.4, -0.2) is 48.5 Å². The number of carbonyl (C=O) groups is 1. The van der Waals surface area contributed by atoms with E-state index in [1.807, 2.05) is 11.0 Å². The third-order valence-electron chi connectivity index (χ3n) is 6.09. The molecule has 4 aliphatic rings. The first-order valence-electron chi connectivity index (χ1n) is 9.06. The molecule has 4 heteroatoms. The van der Waals surface area contributed by atoms with E-state index in [2.05, 4.69) is 23.1 Å². The summed E-state index contributed by atoms with van der Waals surface area (Å²) in [5.74, 6) is 2.67. The van der Waals surface area contributed by atoms with Gasteiger partial charge in [-0.2, -0.15) is 0 Å². The molecule has 1 saturated carbocycles. The van der Waals surface area contributed by atoms with Gasteiger partial charge < -0.3 is 9.64 Å². The Labute approximate surface area is 137 Å². The van der Waals surface area contributed by atoms with Crippen molar-refractivity contribution < 1.29 is 9.53 Å². The Hall–Kier alpha value is -1.55. The highest BCUT2D eigenvalue weighted by molar-refractivity contribution is 5.80. The van der Waals surface area contributed by atoms with Crippen LogP contribution in [0.5, 0.6) is 5.75 Å². The highest BCUT2D eigenvalue weighted by Gasteiger charge is 2.50. The molecular weight excluding hydrogens is 288 g/mol. The maximum Gasteiger partial charge on any atom is 0.227 e. The van der Waals surface area contributed by atoms with Crippen LogP contribution in [0.3, 0.4) is 0 Å². The summed E-state index contributed by atoms with van der Waals surface area (Å²) in [6.45, 7) is 4.66. The number of para-hydroxylation sites is 1. The maximum atomic E-state index is 12.9. The normalized spacial score (nSPS) is 32.7. The molecule has 23 heavy (non-hydrogen) atoms. The first kappa shape index (κ1) is 13.8. The summed E-state index contributed by atoms with van der Waals surface area (Å²) in [5.41, 5.74) is 1.29. The van der Waals surface area contributed by atoms with Gasteiger partial charge in [0.15, 0.2) is 0 Å². The minimum absolute atomic E-state index is 0.118. The molecule has 0 N–H and O–H groups in total. The van der Waals surface area contributed by atoms with Gasteiger partial charge >= 0.3 is 0 Å². The molecule has 4 nitrogen and oxygen atoms in total. The molecule has 1 aliphatic carbocycles. The second-order valence-electron chi connectivity index (χ2n) is 7.64. The van der Waals surface area contributed by atoms with Crippen molar-refractivity contribution in [3.05, 3.63) is 29.8 Å². The number of likely N-dealkylation sites (tertiary alicyclic amines) is 2. The lowest BCUT2D eigenvalue weighted by atomic mass is 9.84. The van der Waals surface area contributed by atoms with Gasteiger partial charge in [-0.25, -0.2) is 0 Å². The summed E-state index contributed by atoms with van der Waals surface area (Å²) in [6.07, 6.45) is 3.88. The lowest BCUT2D eigenvalue weighted by Gasteiger charge is -2.37. The summed E-state index contributed by atoms with van der Waals surface area (Å²) >= 11 is 0. The van der Waals surface area contributed by atoms with Gasteiger partial charge in [-0.1, -0.05) is 18.2 Å². The summed E-state index contributed by atoms with van der Waals surface area (Å²) in [5, 5.41) is 0. The number of benzene rings is 1. The molecule has 3 atom stereocenters. The molecule has 5 rings (SSSR count). The Morgan fingerprint density at radius 1 is 1.22 bits per heavy atom. The molecule has 0 unspecified atom stereocenters. The van der Waals surface area contributed by atoms with E-state index in [9.17, 15) is 4.79 Å². The van der Waals surface area contributed by atoms with Gasteiger partial charge in [0.25, 0.3) is 0 Å². The largest absolute Gasteiger partial charge is 0.493 e. The van der Waals surface area contributed by atoms with E-state index in [4.69, 9.17) is 4.74 Å². The molecule has 2 saturated heterocycles. The average Bonchev–Trinajstić information content (AvgIpc) is 3.25. The molecule has 0 radical (unpaired) electrons. The summed E-state index contributed by atoms with van der Waals surface area (Å²) in [6, 6.07) is 8.79. The maximum absolute atomic E-state index is 12.9. The van der Waals surface area contributed by atoms with E-state index >= 15 is 0 Å². The predicted octanol–water partition coefficient (Wildman–Crippen LogP) is 2.31. The zero-order chi connectivity index (χ0) is 15.4. The van der Waals surface area contributed by atoms with Crippen LogP contribution in [0.1, 0.15) is 30.9 Å². The van der Waals surface area contributed by atoms with Gasteiger partial charge in [0.2, 0.25) is 5.91 Å². The molecule has 1 aromatic carbocycles. The van der Waals surface area contributed by atoms with Crippen LogP contribution >= 0.6 is 0 Å². The number of carbonyl (C=O) groups excluding carboxylic acids is 1. The van der Waals surface area contributed by atoms with Gasteiger partial charge in [-0.3, -0.25) is 9.69 Å². The standard InChI is InChI=1S/C19H24N2O2/c22-19(20-8-3-9-20)15-11-21(10-13-6-7-13)18-14-4-1-2-5-17(14)23-12-16(15)18/h1-2,4-5,13,15-16,18H,3,6-12H2/t15-,16+,18+/m1/s1. The number of amides is 1. The van der Waals surface area contributed by atoms with Gasteiger partial charge in [-0.05, 0) is 31.2 Å². The molecule has 1 aromatic rings. The summed E-state index contributed by atoms with van der Waals surface area (Å²) in [4.78, 5) is 17.5. The van der Waals surface area contributed by atoms with Crippen molar-refractivity contribution >= 4 is 5.91 Å². The van der Waals surface area contributed by atoms with Gasteiger partial charge in [-0.15, -0.1) is 0 Å². The van der Waals surface area contributed by atoms with E-state index in [0.717, 1.165) is 44.3 Å². The Balaban J connectivity index is 1.47. The van der Waals surface area contributed by atoms with Crippen molar-refractivity contribution in [1.82, 2.24) is 9.80 Å². The number of nitrogens with zero attached hydrogens (tertiary/aromatic N) is 2. The molecule has 0 bridgehead atoms. The fraction of sp³-hybridized carbons (Fsp3) is 0.632. The number of hydrogen-bond acceptors (Lipinski definition) is 3. The zero-order valence-corrected chi connectivity index (χ0v) is 13.5. The molecule has 122 valence electrons. The quantitative estimate of drug-likeness (QED) is 0.858. The van der Waals surface area contributed by atoms with Gasteiger partial charge in [0.1, 0.15) is 5.75 Å². The van der Waals surface area contributed by atoms with Gasteiger partial charge in [0.05, 0.1) is 12.5 Å². The zero-order valence-electron chi connectivity index (χ0n) is 13.5. The minimum atomic E-state index is 0.118. The Bertz CT molecular complexity index is 624. The first-order valence-corrected chi connectivity index (χ1v) is 9.06. The molecule has 0 spiro atoms. The molecule has 3 fully saturated rings. The van der Waals surface area contributed by atoms with Crippen LogP contribution in [0, 0.1) is 17.8 Å². The molecule has 3 aliphatic heterocycles. The topological polar surface area (TPSA) is 32.8 Å². The smallest absolute Gasteiger partial charge is 0.227 e. The number of ether oxygens (including phenoxy) is 1. The third kappa shape index (κ3) is 2.26. The third-order valence-corrected chi connectivity index (χ3v) is 6.09. The summed E-state index contributed by atoms with van der Waals surface area (Å²) in [7, 11) is 0. The molecular formula is C19H24N2O2. The van der Waals surface area contributed by atoms with Crippen LogP contribution in [0.4, 0.5) is 0 Å². The van der Waals surface area contributed by atoms with Crippen molar-refractivity contribution in [2.75, 3.05) is 32.8 Å². The second kappa shape index (κ2) is 5.23. The van der Waals surface area contributed by atoms with Crippen molar-refractivity contribution in [3.63, 3.8) is 0 Å². The number of hydrogen-bond donors (Lipinski definition) is 0. The fourth-order valence-corrected chi connectivity index (χ4v) is 4.52. The highest BCUT2D eigenvalue weighted by atomic mass is 16.5. The minimum Gasteiger partial charge on any atom is -0.493 e. The SMILES string of the molecule is O=C([C@@H]1CN(CC2CC2)[C@H]2c3ccccc3OC[C@@H]12)N1CCC1.